The first-order valence-corrected chi connectivity index (χ1v) is 21.1. The normalized spacial score (nSPS) is 14.8. The molecule has 1 spiro atoms. The van der Waals surface area contributed by atoms with E-state index in [2.05, 4.69) is 229 Å². The summed E-state index contributed by atoms with van der Waals surface area (Å²) in [5.74, 6) is 1.67. The molecule has 10 aromatic rings. The fraction of sp³-hybridized carbons (Fsp3) is 0.0169. The molecule has 2 heteroatoms. The predicted octanol–water partition coefficient (Wildman–Crippen LogP) is 15.8. The lowest BCUT2D eigenvalue weighted by Gasteiger charge is -2.36. The summed E-state index contributed by atoms with van der Waals surface area (Å²) in [6, 6.07) is 82.4. The molecule has 10 aromatic carbocycles. The Labute approximate surface area is 355 Å². The molecule has 1 aliphatic heterocycles. The highest BCUT2D eigenvalue weighted by molar-refractivity contribution is 6.07. The number of ether oxygens (including phenoxy) is 1. The number of para-hydroxylation sites is 3. The molecule has 2 nitrogen and oxygen atoms in total. The monoisotopic (exact) mass is 775 g/mol. The number of rotatable bonds is 3. The lowest BCUT2D eigenvalue weighted by molar-refractivity contribution is 0.489. The van der Waals surface area contributed by atoms with Gasteiger partial charge in [-0.1, -0.05) is 188 Å². The topological polar surface area (TPSA) is 12.5 Å². The van der Waals surface area contributed by atoms with Gasteiger partial charge >= 0.3 is 0 Å². The molecule has 0 radical (unpaired) electrons. The van der Waals surface area contributed by atoms with E-state index in [-0.39, 0.29) is 0 Å². The van der Waals surface area contributed by atoms with E-state index in [0.717, 1.165) is 50.8 Å². The van der Waals surface area contributed by atoms with Gasteiger partial charge in [0, 0.05) is 22.5 Å². The van der Waals surface area contributed by atoms with Crippen molar-refractivity contribution in [2.75, 3.05) is 4.90 Å². The van der Waals surface area contributed by atoms with Crippen LogP contribution in [0.4, 0.5) is 17.1 Å². The quantitative estimate of drug-likeness (QED) is 0.177. The van der Waals surface area contributed by atoms with Gasteiger partial charge in [0.1, 0.15) is 5.75 Å². The van der Waals surface area contributed by atoms with Crippen LogP contribution in [0.5, 0.6) is 11.5 Å². The summed E-state index contributed by atoms with van der Waals surface area (Å²) < 4.78 is 7.15. The van der Waals surface area contributed by atoms with E-state index in [0.29, 0.717) is 0 Å². The molecule has 0 aromatic heterocycles. The van der Waals surface area contributed by atoms with E-state index in [1.54, 1.807) is 0 Å². The van der Waals surface area contributed by atoms with E-state index in [1.165, 1.54) is 66.4 Å². The fourth-order valence-electron chi connectivity index (χ4n) is 10.9. The third-order valence-corrected chi connectivity index (χ3v) is 13.3. The standard InChI is InChI=1S/C59H37NO/c1-2-18-39(19-3-1)60(55-31-16-28-49-45-24-9-8-23-44(45)48-26-12-15-32-56(48)61-58(49)55)40-34-35-47-43-22-7-6-21-42(43)46-25-10-13-29-51(46)59(54(47)37-40)52-30-14-11-27-50(52)57-41-20-5-4-17-38(41)33-36-53(57)59/h1-37H. The van der Waals surface area contributed by atoms with Crippen molar-refractivity contribution in [3.05, 3.63) is 247 Å². The molecule has 284 valence electrons. The largest absolute Gasteiger partial charge is 0.454 e. The summed E-state index contributed by atoms with van der Waals surface area (Å²) >= 11 is 0. The molecular formula is C59H37NO. The second kappa shape index (κ2) is 13.0. The molecule has 1 heterocycles. The number of benzene rings is 10. The maximum Gasteiger partial charge on any atom is 0.159 e. The molecule has 0 bridgehead atoms. The van der Waals surface area contributed by atoms with E-state index in [1.807, 2.05) is 0 Å². The van der Waals surface area contributed by atoms with Crippen LogP contribution < -0.4 is 9.64 Å². The van der Waals surface area contributed by atoms with Crippen LogP contribution in [0.25, 0.3) is 66.4 Å². The average molecular weight is 776 g/mol. The van der Waals surface area contributed by atoms with E-state index in [4.69, 9.17) is 4.74 Å². The molecule has 2 aliphatic carbocycles. The number of nitrogens with zero attached hydrogens (tertiary/aromatic N) is 1. The van der Waals surface area contributed by atoms with Crippen LogP contribution in [0.1, 0.15) is 22.3 Å². The van der Waals surface area contributed by atoms with Crippen LogP contribution in [0.15, 0.2) is 224 Å². The zero-order valence-corrected chi connectivity index (χ0v) is 33.2. The number of hydrogen-bond donors (Lipinski definition) is 0. The number of hydrogen-bond acceptors (Lipinski definition) is 2. The molecular weight excluding hydrogens is 739 g/mol. The Morgan fingerprint density at radius 1 is 0.328 bits per heavy atom. The van der Waals surface area contributed by atoms with E-state index in [9.17, 15) is 0 Å². The van der Waals surface area contributed by atoms with Crippen molar-refractivity contribution >= 4 is 27.8 Å². The van der Waals surface area contributed by atoms with Gasteiger partial charge in [-0.25, -0.2) is 0 Å². The van der Waals surface area contributed by atoms with Gasteiger partial charge in [-0.15, -0.1) is 0 Å². The Balaban J connectivity index is 1.15. The van der Waals surface area contributed by atoms with Gasteiger partial charge in [-0.2, -0.15) is 0 Å². The zero-order chi connectivity index (χ0) is 40.1. The summed E-state index contributed by atoms with van der Waals surface area (Å²) in [4.78, 5) is 2.40. The molecule has 0 amide bonds. The Morgan fingerprint density at radius 2 is 0.885 bits per heavy atom. The van der Waals surface area contributed by atoms with E-state index >= 15 is 0 Å². The fourth-order valence-corrected chi connectivity index (χ4v) is 10.9. The first kappa shape index (κ1) is 34.0. The minimum atomic E-state index is -0.638. The average Bonchev–Trinajstić information content (AvgIpc) is 3.48. The molecule has 0 fully saturated rings. The van der Waals surface area contributed by atoms with Crippen molar-refractivity contribution in [2.45, 2.75) is 5.41 Å². The van der Waals surface area contributed by atoms with Crippen molar-refractivity contribution in [1.29, 1.82) is 0 Å². The lowest BCUT2D eigenvalue weighted by Crippen LogP contribution is -2.29. The number of fused-ring (bicyclic) bond motifs is 19. The van der Waals surface area contributed by atoms with Gasteiger partial charge in [0.25, 0.3) is 0 Å². The third-order valence-electron chi connectivity index (χ3n) is 13.3. The van der Waals surface area contributed by atoms with Crippen LogP contribution in [0, 0.1) is 0 Å². The third kappa shape index (κ3) is 4.73. The Morgan fingerprint density at radius 3 is 1.66 bits per heavy atom. The minimum Gasteiger partial charge on any atom is -0.454 e. The lowest BCUT2D eigenvalue weighted by atomic mass is 9.65. The molecule has 1 atom stereocenters. The molecule has 61 heavy (non-hydrogen) atoms. The van der Waals surface area contributed by atoms with Gasteiger partial charge in [0.15, 0.2) is 5.75 Å². The van der Waals surface area contributed by atoms with Crippen LogP contribution in [0.2, 0.25) is 0 Å². The van der Waals surface area contributed by atoms with Gasteiger partial charge < -0.3 is 9.64 Å². The minimum absolute atomic E-state index is 0.638. The molecule has 13 rings (SSSR count). The summed E-state index contributed by atoms with van der Waals surface area (Å²) in [6.07, 6.45) is 0. The van der Waals surface area contributed by atoms with Gasteiger partial charge in [0.2, 0.25) is 0 Å². The van der Waals surface area contributed by atoms with Crippen molar-refractivity contribution in [3.8, 4) is 67.1 Å². The molecule has 0 saturated carbocycles. The summed E-state index contributed by atoms with van der Waals surface area (Å²) in [5.41, 5.74) is 19.6. The van der Waals surface area contributed by atoms with Crippen LogP contribution in [-0.2, 0) is 5.41 Å². The van der Waals surface area contributed by atoms with Crippen LogP contribution in [0.3, 0.4) is 0 Å². The maximum absolute atomic E-state index is 7.15. The van der Waals surface area contributed by atoms with Crippen molar-refractivity contribution < 1.29 is 4.74 Å². The van der Waals surface area contributed by atoms with Crippen molar-refractivity contribution in [1.82, 2.24) is 0 Å². The second-order valence-electron chi connectivity index (χ2n) is 16.3. The molecule has 1 unspecified atom stereocenters. The Kier molecular flexibility index (Phi) is 7.26. The first-order valence-electron chi connectivity index (χ1n) is 21.1. The summed E-state index contributed by atoms with van der Waals surface area (Å²) in [5, 5.41) is 2.52. The van der Waals surface area contributed by atoms with Gasteiger partial charge in [-0.3, -0.25) is 0 Å². The second-order valence-corrected chi connectivity index (χ2v) is 16.3. The number of anilines is 3. The molecule has 0 saturated heterocycles. The predicted molar refractivity (Wildman–Crippen MR) is 251 cm³/mol. The smallest absolute Gasteiger partial charge is 0.159 e. The maximum atomic E-state index is 7.15. The summed E-state index contributed by atoms with van der Waals surface area (Å²) in [7, 11) is 0. The van der Waals surface area contributed by atoms with Gasteiger partial charge in [-0.05, 0) is 114 Å². The van der Waals surface area contributed by atoms with Crippen molar-refractivity contribution in [3.63, 3.8) is 0 Å². The molecule has 0 N–H and O–H groups in total. The van der Waals surface area contributed by atoms with Crippen molar-refractivity contribution in [2.24, 2.45) is 0 Å². The van der Waals surface area contributed by atoms with Gasteiger partial charge in [0.05, 0.1) is 11.1 Å². The van der Waals surface area contributed by atoms with Crippen LogP contribution >= 0.6 is 0 Å². The SMILES string of the molecule is c1ccc(N(c2ccc3c(c2)C2(c4ccccc4-c4ccccc4-3)c3ccccc3-c3c2ccc2ccccc32)c2cccc3c2Oc2ccccc2-c2ccccc2-3)cc1. The highest BCUT2D eigenvalue weighted by atomic mass is 16.5. The molecule has 3 aliphatic rings. The zero-order valence-electron chi connectivity index (χ0n) is 33.2. The highest BCUT2D eigenvalue weighted by Crippen LogP contribution is 2.63. The van der Waals surface area contributed by atoms with E-state index < -0.39 is 5.41 Å². The Bertz CT molecular complexity index is 3420. The van der Waals surface area contributed by atoms with Crippen LogP contribution in [-0.4, -0.2) is 0 Å². The first-order chi connectivity index (χ1) is 30.3. The Hall–Kier alpha value is -7.94. The highest BCUT2D eigenvalue weighted by Gasteiger charge is 2.50. The summed E-state index contributed by atoms with van der Waals surface area (Å²) in [6.45, 7) is 0.